The number of amides is 1. The number of fused-ring (bicyclic) bond motifs is 5. The smallest absolute Gasteiger partial charge is 0.282 e. The number of nitrogens with zero attached hydrogens (tertiary/aromatic N) is 2. The van der Waals surface area contributed by atoms with Crippen LogP contribution in [0.4, 0.5) is 8.78 Å². The van der Waals surface area contributed by atoms with Gasteiger partial charge in [-0.2, -0.15) is 5.10 Å². The molecule has 1 saturated carbocycles. The minimum atomic E-state index is -2.84. The van der Waals surface area contributed by atoms with Crippen LogP contribution >= 0.6 is 0 Å². The van der Waals surface area contributed by atoms with Crippen molar-refractivity contribution < 1.29 is 13.6 Å². The van der Waals surface area contributed by atoms with E-state index in [4.69, 9.17) is 5.73 Å². The van der Waals surface area contributed by atoms with Crippen molar-refractivity contribution in [1.29, 1.82) is 0 Å². The molecule has 3 atom stereocenters. The van der Waals surface area contributed by atoms with Gasteiger partial charge in [0.15, 0.2) is 0 Å². The van der Waals surface area contributed by atoms with Gasteiger partial charge < -0.3 is 5.73 Å². The van der Waals surface area contributed by atoms with E-state index in [0.717, 1.165) is 12.0 Å². The van der Waals surface area contributed by atoms with Gasteiger partial charge in [-0.15, -0.1) is 0 Å². The Morgan fingerprint density at radius 3 is 2.58 bits per heavy atom. The number of halogens is 2. The van der Waals surface area contributed by atoms with Gasteiger partial charge in [-0.25, -0.2) is 8.78 Å². The fraction of sp³-hybridized carbons (Fsp3) is 0.500. The van der Waals surface area contributed by atoms with Gasteiger partial charge in [0.1, 0.15) is 5.69 Å². The molecule has 6 heteroatoms. The van der Waals surface area contributed by atoms with Crippen molar-refractivity contribution in [3.05, 3.63) is 40.6 Å². The van der Waals surface area contributed by atoms with Crippen LogP contribution in [-0.2, 0) is 7.05 Å². The summed E-state index contributed by atoms with van der Waals surface area (Å²) in [7, 11) is 1.60. The van der Waals surface area contributed by atoms with Gasteiger partial charge in [0.2, 0.25) is 0 Å². The van der Waals surface area contributed by atoms with Gasteiger partial charge in [0, 0.05) is 12.6 Å². The van der Waals surface area contributed by atoms with Gasteiger partial charge >= 0.3 is 0 Å². The molecule has 138 valence electrons. The van der Waals surface area contributed by atoms with Crippen molar-refractivity contribution in [1.82, 2.24) is 9.78 Å². The molecule has 2 aliphatic carbocycles. The first-order valence-electron chi connectivity index (χ1n) is 9.10. The first-order chi connectivity index (χ1) is 12.3. The normalized spacial score (nSPS) is 23.9. The Kier molecular flexibility index (Phi) is 3.90. The number of alkyl halides is 2. The molecule has 2 aliphatic rings. The van der Waals surface area contributed by atoms with Crippen LogP contribution < -0.4 is 5.73 Å². The third kappa shape index (κ3) is 2.24. The first kappa shape index (κ1) is 17.2. The van der Waals surface area contributed by atoms with Crippen LogP contribution in [0.15, 0.2) is 18.2 Å². The number of benzene rings is 1. The lowest BCUT2D eigenvalue weighted by atomic mass is 9.84. The van der Waals surface area contributed by atoms with Crippen LogP contribution in [-0.4, -0.2) is 15.7 Å². The second-order valence-corrected chi connectivity index (χ2v) is 7.82. The molecule has 1 fully saturated rings. The van der Waals surface area contributed by atoms with Crippen molar-refractivity contribution in [2.75, 3.05) is 0 Å². The summed E-state index contributed by atoms with van der Waals surface area (Å²) in [6.07, 6.45) is -0.572. The van der Waals surface area contributed by atoms with Gasteiger partial charge in [0.05, 0.1) is 11.3 Å². The van der Waals surface area contributed by atoms with Gasteiger partial charge in [0.25, 0.3) is 12.3 Å². The maximum absolute atomic E-state index is 13.4. The maximum atomic E-state index is 13.4. The number of hydrogen-bond acceptors (Lipinski definition) is 2. The van der Waals surface area contributed by atoms with Crippen molar-refractivity contribution in [2.45, 2.75) is 45.0 Å². The van der Waals surface area contributed by atoms with Gasteiger partial charge in [-0.05, 0) is 47.6 Å². The molecule has 2 aromatic rings. The van der Waals surface area contributed by atoms with Crippen LogP contribution in [0.2, 0.25) is 0 Å². The minimum Gasteiger partial charge on any atom is -0.365 e. The van der Waals surface area contributed by atoms with Crippen LogP contribution in [0, 0.1) is 11.8 Å². The summed E-state index contributed by atoms with van der Waals surface area (Å²) in [4.78, 5) is 12.0. The Morgan fingerprint density at radius 1 is 1.27 bits per heavy atom. The van der Waals surface area contributed by atoms with E-state index in [1.54, 1.807) is 7.05 Å². The minimum absolute atomic E-state index is 0.153. The number of carbonyl (C=O) groups is 1. The molecule has 0 saturated heterocycles. The third-order valence-corrected chi connectivity index (χ3v) is 6.18. The Labute approximate surface area is 151 Å². The Morgan fingerprint density at radius 2 is 1.96 bits per heavy atom. The number of primary amides is 1. The van der Waals surface area contributed by atoms with Crippen LogP contribution in [0.3, 0.4) is 0 Å². The van der Waals surface area contributed by atoms with E-state index in [-0.39, 0.29) is 5.56 Å². The van der Waals surface area contributed by atoms with E-state index >= 15 is 0 Å². The summed E-state index contributed by atoms with van der Waals surface area (Å²) in [6.45, 7) is 4.49. The molecule has 1 aromatic carbocycles. The summed E-state index contributed by atoms with van der Waals surface area (Å²) in [5, 5.41) is 3.92. The fourth-order valence-corrected chi connectivity index (χ4v) is 5.43. The van der Waals surface area contributed by atoms with E-state index in [1.165, 1.54) is 22.2 Å². The molecule has 0 spiro atoms. The highest BCUT2D eigenvalue weighted by molar-refractivity contribution is 6.01. The summed E-state index contributed by atoms with van der Waals surface area (Å²) in [5.74, 6) is 1.16. The molecule has 0 aliphatic heterocycles. The van der Waals surface area contributed by atoms with Crippen molar-refractivity contribution in [3.63, 3.8) is 0 Å². The SMILES string of the molecule is CC(C)C1C2CCC1c1c(-c3c(C(N)=O)c(C(F)F)nn3C)cccc12. The highest BCUT2D eigenvalue weighted by Gasteiger charge is 2.48. The Hall–Kier alpha value is -2.24. The predicted molar refractivity (Wildman–Crippen MR) is 95.2 cm³/mol. The zero-order valence-corrected chi connectivity index (χ0v) is 15.2. The Balaban J connectivity index is 1.96. The second kappa shape index (κ2) is 5.89. The molecular formula is C20H23F2N3O. The van der Waals surface area contributed by atoms with E-state index < -0.39 is 18.0 Å². The largest absolute Gasteiger partial charge is 0.365 e. The van der Waals surface area contributed by atoms with Gasteiger partial charge in [-0.3, -0.25) is 9.48 Å². The lowest BCUT2D eigenvalue weighted by Gasteiger charge is -2.21. The van der Waals surface area contributed by atoms with E-state index in [9.17, 15) is 13.6 Å². The number of rotatable bonds is 4. The highest BCUT2D eigenvalue weighted by Crippen LogP contribution is 2.61. The average Bonchev–Trinajstić information content (AvgIpc) is 3.23. The third-order valence-electron chi connectivity index (χ3n) is 6.18. The standard InChI is InChI=1S/C20H23F2N3O/c1-9(2)14-11-7-8-12(14)15-10(11)5-4-6-13(15)18-16(20(23)26)17(19(21)22)24-25(18)3/h4-6,9,11-12,14,19H,7-8H2,1-3H3,(H2,23,26). The molecular weight excluding hydrogens is 336 g/mol. The molecule has 2 bridgehead atoms. The fourth-order valence-electron chi connectivity index (χ4n) is 5.43. The number of aromatic nitrogens is 2. The van der Waals surface area contributed by atoms with E-state index in [0.29, 0.717) is 29.4 Å². The number of carbonyl (C=O) groups excluding carboxylic acids is 1. The van der Waals surface area contributed by atoms with Crippen LogP contribution in [0.5, 0.6) is 0 Å². The molecule has 4 rings (SSSR count). The summed E-state index contributed by atoms with van der Waals surface area (Å²) >= 11 is 0. The van der Waals surface area contributed by atoms with Crippen molar-refractivity contribution in [2.24, 2.45) is 24.6 Å². The highest BCUT2D eigenvalue weighted by atomic mass is 19.3. The number of aryl methyl sites for hydroxylation is 1. The topological polar surface area (TPSA) is 60.9 Å². The van der Waals surface area contributed by atoms with Crippen molar-refractivity contribution >= 4 is 5.91 Å². The molecule has 1 aromatic heterocycles. The molecule has 1 amide bonds. The van der Waals surface area contributed by atoms with Gasteiger partial charge in [-0.1, -0.05) is 32.0 Å². The number of hydrogen-bond donors (Lipinski definition) is 1. The van der Waals surface area contributed by atoms with Crippen LogP contribution in [0.25, 0.3) is 11.3 Å². The summed E-state index contributed by atoms with van der Waals surface area (Å²) in [5.41, 5.74) is 8.54. The molecule has 26 heavy (non-hydrogen) atoms. The second-order valence-electron chi connectivity index (χ2n) is 7.82. The van der Waals surface area contributed by atoms with Crippen LogP contribution in [0.1, 0.15) is 72.1 Å². The zero-order valence-electron chi connectivity index (χ0n) is 15.2. The summed E-state index contributed by atoms with van der Waals surface area (Å²) in [6, 6.07) is 6.01. The van der Waals surface area contributed by atoms with E-state index in [2.05, 4.69) is 25.0 Å². The molecule has 0 radical (unpaired) electrons. The van der Waals surface area contributed by atoms with Crippen molar-refractivity contribution in [3.8, 4) is 11.3 Å². The molecule has 3 unspecified atom stereocenters. The number of nitrogens with two attached hydrogens (primary N) is 1. The quantitative estimate of drug-likeness (QED) is 0.881. The summed E-state index contributed by atoms with van der Waals surface area (Å²) < 4.78 is 28.2. The maximum Gasteiger partial charge on any atom is 0.282 e. The lowest BCUT2D eigenvalue weighted by Crippen LogP contribution is -2.15. The molecule has 2 N–H and O–H groups in total. The zero-order chi connectivity index (χ0) is 18.7. The molecule has 1 heterocycles. The average molecular weight is 359 g/mol. The first-order valence-corrected chi connectivity index (χ1v) is 9.10. The Bertz CT molecular complexity index is 887. The monoisotopic (exact) mass is 359 g/mol. The lowest BCUT2D eigenvalue weighted by molar-refractivity contribution is 0.0985. The van der Waals surface area contributed by atoms with E-state index in [1.807, 2.05) is 12.1 Å². The predicted octanol–water partition coefficient (Wildman–Crippen LogP) is 4.37. The molecule has 4 nitrogen and oxygen atoms in total.